The molecule has 0 bridgehead atoms. The van der Waals surface area contributed by atoms with E-state index in [1.807, 2.05) is 6.92 Å². The molecule has 0 heterocycles. The topological polar surface area (TPSA) is 24.1 Å². The van der Waals surface area contributed by atoms with Crippen molar-refractivity contribution in [3.8, 4) is 0 Å². The number of halogens is 1. The van der Waals surface area contributed by atoms with Crippen LogP contribution >= 0.6 is 12.2 Å². The van der Waals surface area contributed by atoms with Crippen molar-refractivity contribution < 1.29 is 4.39 Å². The number of benzene rings is 2. The van der Waals surface area contributed by atoms with Crippen LogP contribution in [0.1, 0.15) is 29.7 Å². The average Bonchev–Trinajstić information content (AvgIpc) is 2.44. The van der Waals surface area contributed by atoms with Gasteiger partial charge in [0.25, 0.3) is 0 Å². The van der Waals surface area contributed by atoms with Gasteiger partial charge < -0.3 is 10.6 Å². The van der Waals surface area contributed by atoms with Gasteiger partial charge in [-0.05, 0) is 61.8 Å². The van der Waals surface area contributed by atoms with Crippen molar-refractivity contribution in [3.05, 3.63) is 65.0 Å². The molecule has 0 fully saturated rings. The summed E-state index contributed by atoms with van der Waals surface area (Å²) in [6, 6.07) is 12.8. The number of hydrogen-bond donors (Lipinski definition) is 2. The summed E-state index contributed by atoms with van der Waals surface area (Å²) in [4.78, 5) is 0. The lowest BCUT2D eigenvalue weighted by Crippen LogP contribution is -2.31. The lowest BCUT2D eigenvalue weighted by molar-refractivity contribution is 0.631. The average molecular weight is 302 g/mol. The third kappa shape index (κ3) is 4.02. The summed E-state index contributed by atoms with van der Waals surface area (Å²) >= 11 is 5.24. The van der Waals surface area contributed by atoms with Crippen LogP contribution in [0.3, 0.4) is 0 Å². The second kappa shape index (κ2) is 6.68. The molecule has 4 heteroatoms. The Hall–Kier alpha value is -1.94. The van der Waals surface area contributed by atoms with Crippen molar-refractivity contribution in [1.29, 1.82) is 0 Å². The summed E-state index contributed by atoms with van der Waals surface area (Å²) in [7, 11) is 0. The van der Waals surface area contributed by atoms with Crippen molar-refractivity contribution in [2.45, 2.75) is 26.8 Å². The van der Waals surface area contributed by atoms with Crippen LogP contribution in [0.5, 0.6) is 0 Å². The van der Waals surface area contributed by atoms with Gasteiger partial charge in [0.05, 0.1) is 11.7 Å². The fourth-order valence-corrected chi connectivity index (χ4v) is 2.32. The predicted octanol–water partition coefficient (Wildman–Crippen LogP) is 4.49. The molecule has 2 rings (SSSR count). The second-order valence-corrected chi connectivity index (χ2v) is 5.55. The van der Waals surface area contributed by atoms with E-state index in [0.29, 0.717) is 10.8 Å². The van der Waals surface area contributed by atoms with Crippen LogP contribution in [0.4, 0.5) is 10.1 Å². The molecular weight excluding hydrogens is 283 g/mol. The van der Waals surface area contributed by atoms with E-state index in [1.165, 1.54) is 17.2 Å². The minimum atomic E-state index is -0.319. The summed E-state index contributed by atoms with van der Waals surface area (Å²) < 4.78 is 13.6. The Morgan fingerprint density at radius 1 is 1.10 bits per heavy atom. The molecule has 2 nitrogen and oxygen atoms in total. The van der Waals surface area contributed by atoms with Crippen LogP contribution < -0.4 is 10.6 Å². The van der Waals surface area contributed by atoms with E-state index >= 15 is 0 Å². The summed E-state index contributed by atoms with van der Waals surface area (Å²) in [5.74, 6) is -0.319. The first-order chi connectivity index (χ1) is 9.97. The number of hydrogen-bond acceptors (Lipinski definition) is 1. The number of anilines is 1. The molecule has 0 saturated heterocycles. The van der Waals surface area contributed by atoms with E-state index in [9.17, 15) is 4.39 Å². The lowest BCUT2D eigenvalue weighted by atomic mass is 10.0. The molecule has 21 heavy (non-hydrogen) atoms. The highest BCUT2D eigenvalue weighted by atomic mass is 32.1. The maximum atomic E-state index is 13.6. The SMILES string of the molecule is Cc1ccc([C@H](C)NC(=S)Nc2ccccc2F)cc1C. The molecular formula is C17H19FN2S. The molecule has 2 N–H and O–H groups in total. The van der Waals surface area contributed by atoms with Crippen LogP contribution in [-0.4, -0.2) is 5.11 Å². The molecule has 0 aliphatic carbocycles. The Balaban J connectivity index is 2.02. The number of nitrogens with one attached hydrogen (secondary N) is 2. The largest absolute Gasteiger partial charge is 0.356 e. The number of aryl methyl sites for hydroxylation is 2. The first-order valence-electron chi connectivity index (χ1n) is 6.86. The van der Waals surface area contributed by atoms with E-state index in [2.05, 4.69) is 42.7 Å². The minimum absolute atomic E-state index is 0.0519. The van der Waals surface area contributed by atoms with Gasteiger partial charge >= 0.3 is 0 Å². The quantitative estimate of drug-likeness (QED) is 0.817. The van der Waals surface area contributed by atoms with E-state index < -0.39 is 0 Å². The van der Waals surface area contributed by atoms with Gasteiger partial charge in [0.15, 0.2) is 5.11 Å². The Morgan fingerprint density at radius 2 is 1.81 bits per heavy atom. The van der Waals surface area contributed by atoms with E-state index in [-0.39, 0.29) is 11.9 Å². The Morgan fingerprint density at radius 3 is 2.48 bits per heavy atom. The van der Waals surface area contributed by atoms with Gasteiger partial charge in [-0.2, -0.15) is 0 Å². The fourth-order valence-electron chi connectivity index (χ4n) is 2.03. The molecule has 2 aromatic carbocycles. The molecule has 1 atom stereocenters. The molecule has 0 amide bonds. The smallest absolute Gasteiger partial charge is 0.171 e. The van der Waals surface area contributed by atoms with Crippen molar-refractivity contribution in [2.75, 3.05) is 5.32 Å². The number of thiocarbonyl (C=S) groups is 1. The Labute approximate surface area is 130 Å². The van der Waals surface area contributed by atoms with Gasteiger partial charge in [-0.1, -0.05) is 30.3 Å². The molecule has 0 aromatic heterocycles. The zero-order valence-electron chi connectivity index (χ0n) is 12.4. The third-order valence-electron chi connectivity index (χ3n) is 3.50. The van der Waals surface area contributed by atoms with Crippen LogP contribution in [0.2, 0.25) is 0 Å². The normalized spacial score (nSPS) is 11.8. The van der Waals surface area contributed by atoms with Gasteiger partial charge in [-0.25, -0.2) is 4.39 Å². The molecule has 0 aliphatic rings. The van der Waals surface area contributed by atoms with Crippen molar-refractivity contribution in [2.24, 2.45) is 0 Å². The molecule has 0 saturated carbocycles. The highest BCUT2D eigenvalue weighted by molar-refractivity contribution is 7.80. The van der Waals surface area contributed by atoms with E-state index in [1.54, 1.807) is 18.2 Å². The summed E-state index contributed by atoms with van der Waals surface area (Å²) in [5, 5.41) is 6.46. The monoisotopic (exact) mass is 302 g/mol. The molecule has 110 valence electrons. The molecule has 0 radical (unpaired) electrons. The van der Waals surface area contributed by atoms with Crippen molar-refractivity contribution in [3.63, 3.8) is 0 Å². The highest BCUT2D eigenvalue weighted by Gasteiger charge is 2.09. The van der Waals surface area contributed by atoms with Crippen molar-refractivity contribution >= 4 is 23.0 Å². The molecule has 0 spiro atoms. The summed E-state index contributed by atoms with van der Waals surface area (Å²) in [6.45, 7) is 6.20. The second-order valence-electron chi connectivity index (χ2n) is 5.14. The number of para-hydroxylation sites is 1. The first kappa shape index (κ1) is 15.4. The first-order valence-corrected chi connectivity index (χ1v) is 7.27. The third-order valence-corrected chi connectivity index (χ3v) is 3.72. The van der Waals surface area contributed by atoms with Crippen LogP contribution in [-0.2, 0) is 0 Å². The highest BCUT2D eigenvalue weighted by Crippen LogP contribution is 2.17. The van der Waals surface area contributed by atoms with Crippen LogP contribution in [0, 0.1) is 19.7 Å². The fraction of sp³-hybridized carbons (Fsp3) is 0.235. The van der Waals surface area contributed by atoms with Gasteiger partial charge in [-0.3, -0.25) is 0 Å². The van der Waals surface area contributed by atoms with Gasteiger partial charge in [0, 0.05) is 0 Å². The maximum Gasteiger partial charge on any atom is 0.171 e. The van der Waals surface area contributed by atoms with Gasteiger partial charge in [0.1, 0.15) is 5.82 Å². The predicted molar refractivity (Wildman–Crippen MR) is 90.1 cm³/mol. The van der Waals surface area contributed by atoms with Gasteiger partial charge in [-0.15, -0.1) is 0 Å². The zero-order valence-corrected chi connectivity index (χ0v) is 13.2. The minimum Gasteiger partial charge on any atom is -0.356 e. The molecule has 0 unspecified atom stereocenters. The Bertz CT molecular complexity index is 655. The number of rotatable bonds is 3. The Kier molecular flexibility index (Phi) is 4.91. The van der Waals surface area contributed by atoms with Crippen LogP contribution in [0.25, 0.3) is 0 Å². The van der Waals surface area contributed by atoms with E-state index in [4.69, 9.17) is 12.2 Å². The standard InChI is InChI=1S/C17H19FN2S/c1-11-8-9-14(10-12(11)2)13(3)19-17(21)20-16-7-5-4-6-15(16)18/h4-10,13H,1-3H3,(H2,19,20,21)/t13-/m0/s1. The summed E-state index contributed by atoms with van der Waals surface area (Å²) in [5.41, 5.74) is 4.03. The molecule has 0 aliphatic heterocycles. The summed E-state index contributed by atoms with van der Waals surface area (Å²) in [6.07, 6.45) is 0. The van der Waals surface area contributed by atoms with Crippen molar-refractivity contribution in [1.82, 2.24) is 5.32 Å². The van der Waals surface area contributed by atoms with Gasteiger partial charge in [0.2, 0.25) is 0 Å². The zero-order chi connectivity index (χ0) is 15.4. The molecule has 2 aromatic rings. The lowest BCUT2D eigenvalue weighted by Gasteiger charge is -2.18. The van der Waals surface area contributed by atoms with E-state index in [0.717, 1.165) is 5.56 Å². The van der Waals surface area contributed by atoms with Crippen LogP contribution in [0.15, 0.2) is 42.5 Å². The maximum absolute atomic E-state index is 13.6.